The number of hydrogen-bond donors (Lipinski definition) is 3. The predicted molar refractivity (Wildman–Crippen MR) is 200 cm³/mol. The molecule has 0 saturated heterocycles. The average Bonchev–Trinajstić information content (AvgIpc) is 3.09. The van der Waals surface area contributed by atoms with Crippen molar-refractivity contribution in [2.24, 2.45) is 0 Å². The number of unbranched alkanes of at least 4 members (excludes halogenated alkanes) is 17. The molecule has 288 valence electrons. The zero-order valence-corrected chi connectivity index (χ0v) is 32.1. The Morgan fingerprint density at radius 3 is 1.76 bits per heavy atom. The molecule has 0 spiro atoms. The van der Waals surface area contributed by atoms with Crippen molar-refractivity contribution in [3.63, 3.8) is 0 Å². The van der Waals surface area contributed by atoms with Crippen molar-refractivity contribution in [3.8, 4) is 0 Å². The molecule has 0 rings (SSSR count). The molecule has 0 aromatic rings. The Balaban J connectivity index is 4.22. The van der Waals surface area contributed by atoms with Gasteiger partial charge in [0.05, 0.1) is 26.4 Å². The van der Waals surface area contributed by atoms with Crippen molar-refractivity contribution >= 4 is 13.8 Å². The van der Waals surface area contributed by atoms with Crippen molar-refractivity contribution in [1.82, 2.24) is 0 Å². The Morgan fingerprint density at radius 2 is 1.16 bits per heavy atom. The largest absolute Gasteiger partial charge is 0.472 e. The molecule has 10 heteroatoms. The Morgan fingerprint density at radius 1 is 0.653 bits per heavy atom. The highest BCUT2D eigenvalue weighted by Crippen LogP contribution is 2.43. The van der Waals surface area contributed by atoms with Crippen molar-refractivity contribution in [2.45, 2.75) is 174 Å². The van der Waals surface area contributed by atoms with Gasteiger partial charge < -0.3 is 24.6 Å². The fourth-order valence-corrected chi connectivity index (χ4v) is 5.92. The smallest absolute Gasteiger partial charge is 0.457 e. The summed E-state index contributed by atoms with van der Waals surface area (Å²) in [6, 6.07) is 0. The second-order valence-corrected chi connectivity index (χ2v) is 14.4. The third kappa shape index (κ3) is 36.3. The maximum Gasteiger partial charge on any atom is 0.472 e. The molecule has 0 radical (unpaired) electrons. The van der Waals surface area contributed by atoms with E-state index in [-0.39, 0.29) is 19.6 Å². The van der Waals surface area contributed by atoms with Crippen LogP contribution in [-0.4, -0.2) is 66.3 Å². The van der Waals surface area contributed by atoms with Crippen LogP contribution in [0, 0.1) is 0 Å². The molecule has 49 heavy (non-hydrogen) atoms. The molecule has 0 aromatic carbocycles. The van der Waals surface area contributed by atoms with Gasteiger partial charge >= 0.3 is 13.8 Å². The molecule has 0 bridgehead atoms. The Hall–Kier alpha value is -1.32. The summed E-state index contributed by atoms with van der Waals surface area (Å²) in [5.74, 6) is -0.393. The molecule has 0 aliphatic rings. The average molecular weight is 717 g/mol. The number of carbonyl (C=O) groups is 1. The fraction of sp³-hybridized carbons (Fsp3) is 0.821. The van der Waals surface area contributed by atoms with Crippen LogP contribution in [0.4, 0.5) is 0 Å². The molecule has 9 nitrogen and oxygen atoms in total. The minimum Gasteiger partial charge on any atom is -0.457 e. The molecule has 0 heterocycles. The van der Waals surface area contributed by atoms with Crippen LogP contribution >= 0.6 is 7.82 Å². The minimum absolute atomic E-state index is 0.0469. The number of aliphatic hydroxyl groups excluding tert-OH is 2. The van der Waals surface area contributed by atoms with E-state index < -0.39 is 39.2 Å². The van der Waals surface area contributed by atoms with Crippen molar-refractivity contribution in [3.05, 3.63) is 36.5 Å². The number of hydrogen-bond acceptors (Lipinski definition) is 8. The van der Waals surface area contributed by atoms with Gasteiger partial charge in [0.15, 0.2) is 0 Å². The normalized spacial score (nSPS) is 14.6. The van der Waals surface area contributed by atoms with Gasteiger partial charge in [0, 0.05) is 13.0 Å². The van der Waals surface area contributed by atoms with Gasteiger partial charge in [-0.15, -0.1) is 0 Å². The number of rotatable bonds is 37. The first-order valence-corrected chi connectivity index (χ1v) is 21.0. The van der Waals surface area contributed by atoms with Gasteiger partial charge in [-0.3, -0.25) is 13.8 Å². The highest BCUT2D eigenvalue weighted by Gasteiger charge is 2.26. The van der Waals surface area contributed by atoms with E-state index in [1.165, 1.54) is 70.6 Å². The van der Waals surface area contributed by atoms with Crippen LogP contribution in [0.25, 0.3) is 0 Å². The van der Waals surface area contributed by atoms with Crippen LogP contribution in [0.1, 0.15) is 162 Å². The van der Waals surface area contributed by atoms with Gasteiger partial charge in [-0.05, 0) is 44.9 Å². The summed E-state index contributed by atoms with van der Waals surface area (Å²) >= 11 is 0. The van der Waals surface area contributed by atoms with Gasteiger partial charge in [-0.25, -0.2) is 4.57 Å². The van der Waals surface area contributed by atoms with Gasteiger partial charge in [0.1, 0.15) is 12.2 Å². The van der Waals surface area contributed by atoms with Crippen LogP contribution in [-0.2, 0) is 27.9 Å². The zero-order chi connectivity index (χ0) is 36.1. The lowest BCUT2D eigenvalue weighted by molar-refractivity contribution is -0.154. The summed E-state index contributed by atoms with van der Waals surface area (Å²) in [6.45, 7) is 3.39. The second kappa shape index (κ2) is 36.5. The molecular formula is C39H73O9P. The Bertz CT molecular complexity index is 861. The minimum atomic E-state index is -4.51. The first kappa shape index (κ1) is 47.7. The highest BCUT2D eigenvalue weighted by molar-refractivity contribution is 7.47. The van der Waals surface area contributed by atoms with E-state index >= 15 is 0 Å². The molecule has 0 amide bonds. The van der Waals surface area contributed by atoms with Gasteiger partial charge in [-0.2, -0.15) is 0 Å². The van der Waals surface area contributed by atoms with Crippen LogP contribution < -0.4 is 0 Å². The molecule has 0 aliphatic heterocycles. The number of esters is 1. The number of carbonyl (C=O) groups excluding carboxylic acids is 1. The maximum absolute atomic E-state index is 12.6. The predicted octanol–water partition coefficient (Wildman–Crippen LogP) is 10.1. The number of phosphoric acid groups is 1. The summed E-state index contributed by atoms with van der Waals surface area (Å²) in [7, 11) is -4.51. The lowest BCUT2D eigenvalue weighted by Gasteiger charge is -2.20. The summed E-state index contributed by atoms with van der Waals surface area (Å²) in [5, 5.41) is 18.3. The topological polar surface area (TPSA) is 132 Å². The lowest BCUT2D eigenvalue weighted by Crippen LogP contribution is -2.29. The second-order valence-electron chi connectivity index (χ2n) is 12.9. The summed E-state index contributed by atoms with van der Waals surface area (Å²) in [5.41, 5.74) is 0. The Labute approximate surface area is 299 Å². The van der Waals surface area contributed by atoms with E-state index in [9.17, 15) is 19.4 Å². The van der Waals surface area contributed by atoms with Crippen LogP contribution in [0.3, 0.4) is 0 Å². The number of ether oxygens (including phenoxy) is 2. The quantitative estimate of drug-likeness (QED) is 0.0249. The maximum atomic E-state index is 12.6. The monoisotopic (exact) mass is 716 g/mol. The van der Waals surface area contributed by atoms with Crippen LogP contribution in [0.5, 0.6) is 0 Å². The van der Waals surface area contributed by atoms with Gasteiger partial charge in [0.25, 0.3) is 0 Å². The summed E-state index contributed by atoms with van der Waals surface area (Å²) in [4.78, 5) is 22.5. The fourth-order valence-electron chi connectivity index (χ4n) is 5.13. The van der Waals surface area contributed by atoms with E-state index in [0.29, 0.717) is 6.61 Å². The molecule has 3 unspecified atom stereocenters. The third-order valence-electron chi connectivity index (χ3n) is 8.09. The number of allylic oxidation sites excluding steroid dienone is 6. The molecule has 0 aromatic heterocycles. The van der Waals surface area contributed by atoms with Gasteiger partial charge in [0.2, 0.25) is 0 Å². The molecule has 3 N–H and O–H groups in total. The SMILES string of the molecule is CC/C=C\C/C=C\C/C=C\CCCCCCCCCC(=O)OC(COCCCCCCCCCCCCC)COP(=O)(O)OCC(O)CO. The summed E-state index contributed by atoms with van der Waals surface area (Å²) < 4.78 is 33.2. The number of aliphatic hydroxyl groups is 2. The van der Waals surface area contributed by atoms with Gasteiger partial charge in [-0.1, -0.05) is 147 Å². The highest BCUT2D eigenvalue weighted by atomic mass is 31.2. The Kier molecular flexibility index (Phi) is 35.5. The first-order valence-electron chi connectivity index (χ1n) is 19.5. The van der Waals surface area contributed by atoms with Crippen LogP contribution in [0.2, 0.25) is 0 Å². The van der Waals surface area contributed by atoms with E-state index in [1.807, 2.05) is 0 Å². The van der Waals surface area contributed by atoms with E-state index in [2.05, 4.69) is 50.3 Å². The lowest BCUT2D eigenvalue weighted by atomic mass is 10.1. The number of phosphoric ester groups is 1. The third-order valence-corrected chi connectivity index (χ3v) is 9.04. The molecular weight excluding hydrogens is 643 g/mol. The van der Waals surface area contributed by atoms with Crippen LogP contribution in [0.15, 0.2) is 36.5 Å². The molecule has 0 saturated carbocycles. The van der Waals surface area contributed by atoms with Crippen molar-refractivity contribution < 1.29 is 43.0 Å². The molecule has 3 atom stereocenters. The first-order chi connectivity index (χ1) is 23.8. The van der Waals surface area contributed by atoms with E-state index in [0.717, 1.165) is 70.6 Å². The summed E-state index contributed by atoms with van der Waals surface area (Å²) in [6.07, 6.45) is 36.7. The molecule has 0 aliphatic carbocycles. The standard InChI is InChI=1S/C39H73O9P/c1-3-5-7-9-11-13-15-16-17-18-19-20-21-23-25-27-29-31-39(42)48-38(36-47-49(43,44)46-34-37(41)33-40)35-45-32-30-28-26-24-22-14-12-10-8-6-4-2/h5,7,11,13,16-17,37-38,40-41H,3-4,6,8-10,12,14-15,18-36H2,1-2H3,(H,43,44)/b7-5-,13-11-,17-16-. The van der Waals surface area contributed by atoms with E-state index in [4.69, 9.17) is 23.6 Å². The molecule has 0 fully saturated rings. The van der Waals surface area contributed by atoms with Crippen molar-refractivity contribution in [2.75, 3.05) is 33.0 Å². The van der Waals surface area contributed by atoms with E-state index in [1.54, 1.807) is 0 Å². The van der Waals surface area contributed by atoms with Crippen molar-refractivity contribution in [1.29, 1.82) is 0 Å². The zero-order valence-electron chi connectivity index (χ0n) is 31.2.